The van der Waals surface area contributed by atoms with Crippen molar-refractivity contribution >= 4 is 11.5 Å². The van der Waals surface area contributed by atoms with Gasteiger partial charge in [0.2, 0.25) is 0 Å². The van der Waals surface area contributed by atoms with Crippen molar-refractivity contribution in [3.05, 3.63) is 41.7 Å². The van der Waals surface area contributed by atoms with Crippen molar-refractivity contribution in [1.29, 1.82) is 0 Å². The highest BCUT2D eigenvalue weighted by Gasteiger charge is 2.52. The van der Waals surface area contributed by atoms with Crippen LogP contribution in [0.2, 0.25) is 0 Å². The fourth-order valence-electron chi connectivity index (χ4n) is 2.63. The van der Waals surface area contributed by atoms with Crippen molar-refractivity contribution in [3.8, 4) is 5.75 Å². The van der Waals surface area contributed by atoms with Crippen molar-refractivity contribution in [3.63, 3.8) is 0 Å². The number of methoxy groups -OCH3 is 1. The van der Waals surface area contributed by atoms with Crippen LogP contribution in [-0.2, 0) is 12.5 Å². The number of hydrogen-bond donors (Lipinski definition) is 1. The topological polar surface area (TPSA) is 70.1 Å². The van der Waals surface area contributed by atoms with E-state index in [9.17, 15) is 4.79 Å². The zero-order valence-corrected chi connectivity index (χ0v) is 11.6. The normalized spacial score (nSPS) is 15.9. The first-order chi connectivity index (χ1) is 9.58. The molecule has 1 saturated carbocycles. The van der Waals surface area contributed by atoms with Crippen LogP contribution < -0.4 is 10.5 Å². The standard InChI is InChI=1S/C15H17N3O2/c1-18-13(12(20-2)9-17-18)14(19)15(7-8-15)10-3-5-11(16)6-4-10/h3-6,9H,7-8,16H2,1-2H3. The van der Waals surface area contributed by atoms with Crippen molar-refractivity contribution in [2.75, 3.05) is 12.8 Å². The number of aryl methyl sites for hydroxylation is 1. The zero-order valence-electron chi connectivity index (χ0n) is 11.6. The summed E-state index contributed by atoms with van der Waals surface area (Å²) in [5.74, 6) is 0.596. The first-order valence-corrected chi connectivity index (χ1v) is 6.55. The summed E-state index contributed by atoms with van der Waals surface area (Å²) in [6.07, 6.45) is 3.28. The van der Waals surface area contributed by atoms with Crippen LogP contribution in [0.25, 0.3) is 0 Å². The number of nitrogens with two attached hydrogens (primary N) is 1. The van der Waals surface area contributed by atoms with Gasteiger partial charge in [0.1, 0.15) is 5.69 Å². The van der Waals surface area contributed by atoms with Gasteiger partial charge in [-0.3, -0.25) is 9.48 Å². The number of carbonyl (C=O) groups is 1. The van der Waals surface area contributed by atoms with E-state index < -0.39 is 5.41 Å². The van der Waals surface area contributed by atoms with E-state index in [-0.39, 0.29) is 5.78 Å². The number of ketones is 1. The van der Waals surface area contributed by atoms with Gasteiger partial charge in [0.05, 0.1) is 18.7 Å². The average molecular weight is 271 g/mol. The summed E-state index contributed by atoms with van der Waals surface area (Å²) in [6.45, 7) is 0. The number of anilines is 1. The van der Waals surface area contributed by atoms with Crippen LogP contribution in [-0.4, -0.2) is 22.7 Å². The van der Waals surface area contributed by atoms with Gasteiger partial charge < -0.3 is 10.5 Å². The Hall–Kier alpha value is -2.30. The smallest absolute Gasteiger partial charge is 0.195 e. The second-order valence-corrected chi connectivity index (χ2v) is 5.22. The van der Waals surface area contributed by atoms with Gasteiger partial charge >= 0.3 is 0 Å². The van der Waals surface area contributed by atoms with Gasteiger partial charge in [-0.1, -0.05) is 12.1 Å². The Morgan fingerprint density at radius 2 is 2.00 bits per heavy atom. The molecule has 5 nitrogen and oxygen atoms in total. The summed E-state index contributed by atoms with van der Waals surface area (Å²) < 4.78 is 6.82. The number of rotatable bonds is 4. The van der Waals surface area contributed by atoms with E-state index in [4.69, 9.17) is 10.5 Å². The Morgan fingerprint density at radius 3 is 2.55 bits per heavy atom. The summed E-state index contributed by atoms with van der Waals surface area (Å²) in [7, 11) is 3.31. The maximum atomic E-state index is 12.9. The van der Waals surface area contributed by atoms with Crippen LogP contribution in [0.4, 0.5) is 5.69 Å². The molecule has 1 aliphatic rings. The Bertz CT molecular complexity index is 654. The summed E-state index contributed by atoms with van der Waals surface area (Å²) in [5, 5.41) is 4.11. The van der Waals surface area contributed by atoms with Crippen molar-refractivity contribution < 1.29 is 9.53 Å². The third-order valence-corrected chi connectivity index (χ3v) is 3.99. The van der Waals surface area contributed by atoms with E-state index in [1.54, 1.807) is 25.0 Å². The highest BCUT2D eigenvalue weighted by Crippen LogP contribution is 2.51. The quantitative estimate of drug-likeness (QED) is 0.681. The molecule has 2 N–H and O–H groups in total. The summed E-state index contributed by atoms with van der Waals surface area (Å²) >= 11 is 0. The molecule has 20 heavy (non-hydrogen) atoms. The van der Waals surface area contributed by atoms with Crippen LogP contribution in [0.15, 0.2) is 30.5 Å². The number of carbonyl (C=O) groups excluding carboxylic acids is 1. The molecule has 5 heteroatoms. The third kappa shape index (κ3) is 1.78. The Labute approximate surface area is 117 Å². The molecule has 0 unspecified atom stereocenters. The lowest BCUT2D eigenvalue weighted by atomic mass is 9.89. The number of ether oxygens (including phenoxy) is 1. The van der Waals surface area contributed by atoms with E-state index in [1.165, 1.54) is 0 Å². The summed E-state index contributed by atoms with van der Waals surface area (Å²) in [6, 6.07) is 7.54. The molecular weight excluding hydrogens is 254 g/mol. The van der Waals surface area contributed by atoms with Crippen LogP contribution >= 0.6 is 0 Å². The molecule has 3 rings (SSSR count). The number of nitrogens with zero attached hydrogens (tertiary/aromatic N) is 2. The zero-order chi connectivity index (χ0) is 14.3. The number of Topliss-reactive ketones (excluding diaryl/α,β-unsaturated/α-hetero) is 1. The molecule has 1 fully saturated rings. The molecule has 0 radical (unpaired) electrons. The molecule has 0 bridgehead atoms. The largest absolute Gasteiger partial charge is 0.493 e. The van der Waals surface area contributed by atoms with Gasteiger partial charge in [-0.2, -0.15) is 5.10 Å². The lowest BCUT2D eigenvalue weighted by Gasteiger charge is -2.15. The van der Waals surface area contributed by atoms with Crippen LogP contribution in [0.3, 0.4) is 0 Å². The Balaban J connectivity index is 2.01. The molecule has 0 atom stereocenters. The molecule has 1 aromatic heterocycles. The molecular formula is C15H17N3O2. The van der Waals surface area contributed by atoms with Gasteiger partial charge in [-0.15, -0.1) is 0 Å². The molecule has 2 aromatic rings. The molecule has 0 aliphatic heterocycles. The van der Waals surface area contributed by atoms with E-state index in [1.807, 2.05) is 24.3 Å². The third-order valence-electron chi connectivity index (χ3n) is 3.99. The molecule has 0 saturated heterocycles. The highest BCUT2D eigenvalue weighted by atomic mass is 16.5. The van der Waals surface area contributed by atoms with E-state index >= 15 is 0 Å². The predicted octanol–water partition coefficient (Wildman–Crippen LogP) is 1.93. The van der Waals surface area contributed by atoms with Gasteiger partial charge in [0.15, 0.2) is 11.5 Å². The number of nitrogen functional groups attached to an aromatic ring is 1. The van der Waals surface area contributed by atoms with Gasteiger partial charge in [-0.25, -0.2) is 0 Å². The minimum atomic E-state index is -0.436. The molecule has 0 spiro atoms. The van der Waals surface area contributed by atoms with Crippen molar-refractivity contribution in [2.24, 2.45) is 7.05 Å². The lowest BCUT2D eigenvalue weighted by Crippen LogP contribution is -2.23. The fraction of sp³-hybridized carbons (Fsp3) is 0.333. The van der Waals surface area contributed by atoms with Crippen LogP contribution in [0, 0.1) is 0 Å². The first kappa shape index (κ1) is 12.7. The predicted molar refractivity (Wildman–Crippen MR) is 75.9 cm³/mol. The molecule has 104 valence electrons. The number of hydrogen-bond acceptors (Lipinski definition) is 4. The molecule has 1 heterocycles. The first-order valence-electron chi connectivity index (χ1n) is 6.55. The Kier molecular flexibility index (Phi) is 2.78. The highest BCUT2D eigenvalue weighted by molar-refractivity contribution is 6.06. The maximum absolute atomic E-state index is 12.9. The number of aromatic nitrogens is 2. The second kappa shape index (κ2) is 4.37. The van der Waals surface area contributed by atoms with Crippen LogP contribution in [0.5, 0.6) is 5.75 Å². The minimum absolute atomic E-state index is 0.0686. The van der Waals surface area contributed by atoms with Crippen molar-refractivity contribution in [1.82, 2.24) is 9.78 Å². The van der Waals surface area contributed by atoms with E-state index in [0.717, 1.165) is 18.4 Å². The summed E-state index contributed by atoms with van der Waals surface area (Å²) in [4.78, 5) is 12.9. The SMILES string of the molecule is COc1cnn(C)c1C(=O)C1(c2ccc(N)cc2)CC1. The lowest BCUT2D eigenvalue weighted by molar-refractivity contribution is 0.0933. The van der Waals surface area contributed by atoms with E-state index in [2.05, 4.69) is 5.10 Å². The Morgan fingerprint density at radius 1 is 1.35 bits per heavy atom. The van der Waals surface area contributed by atoms with Gasteiger partial charge in [0, 0.05) is 12.7 Å². The summed E-state index contributed by atoms with van der Waals surface area (Å²) in [5.41, 5.74) is 7.52. The van der Waals surface area contributed by atoms with Gasteiger partial charge in [-0.05, 0) is 30.5 Å². The second-order valence-electron chi connectivity index (χ2n) is 5.22. The fourth-order valence-corrected chi connectivity index (χ4v) is 2.63. The molecule has 1 aliphatic carbocycles. The van der Waals surface area contributed by atoms with Crippen molar-refractivity contribution in [2.45, 2.75) is 18.3 Å². The molecule has 1 aromatic carbocycles. The van der Waals surface area contributed by atoms with Gasteiger partial charge in [0.25, 0.3) is 0 Å². The van der Waals surface area contributed by atoms with E-state index in [0.29, 0.717) is 17.1 Å². The maximum Gasteiger partial charge on any atom is 0.195 e. The monoisotopic (exact) mass is 271 g/mol. The van der Waals surface area contributed by atoms with Crippen LogP contribution in [0.1, 0.15) is 28.9 Å². The minimum Gasteiger partial charge on any atom is -0.493 e. The number of benzene rings is 1. The molecule has 0 amide bonds. The average Bonchev–Trinajstić information content (AvgIpc) is 3.17.